The quantitative estimate of drug-likeness (QED) is 0.676. The van der Waals surface area contributed by atoms with Gasteiger partial charge in [0.1, 0.15) is 0 Å². The lowest BCUT2D eigenvalue weighted by molar-refractivity contribution is -0.151. The minimum absolute atomic E-state index is 0.0786. The summed E-state index contributed by atoms with van der Waals surface area (Å²) < 4.78 is 0. The molecule has 0 bridgehead atoms. The van der Waals surface area contributed by atoms with E-state index in [-0.39, 0.29) is 5.92 Å². The normalized spacial score (nSPS) is 53.6. The second kappa shape index (κ2) is 5.61. The molecule has 24 heavy (non-hydrogen) atoms. The van der Waals surface area contributed by atoms with Gasteiger partial charge >= 0.3 is 5.97 Å². The van der Waals surface area contributed by atoms with Gasteiger partial charge in [0.15, 0.2) is 0 Å². The second-order valence-corrected chi connectivity index (χ2v) is 9.93. The zero-order chi connectivity index (χ0) is 17.1. The molecule has 0 heterocycles. The van der Waals surface area contributed by atoms with Crippen molar-refractivity contribution in [2.75, 3.05) is 0 Å². The summed E-state index contributed by atoms with van der Waals surface area (Å²) in [4.78, 5) is 11.5. The molecule has 4 aliphatic rings. The molecule has 0 aromatic rings. The van der Waals surface area contributed by atoms with Crippen molar-refractivity contribution in [3.05, 3.63) is 12.7 Å². The largest absolute Gasteiger partial charge is 0.481 e. The third-order valence-electron chi connectivity index (χ3n) is 9.37. The summed E-state index contributed by atoms with van der Waals surface area (Å²) in [6, 6.07) is 0. The van der Waals surface area contributed by atoms with Crippen LogP contribution in [0.15, 0.2) is 12.7 Å². The van der Waals surface area contributed by atoms with Gasteiger partial charge in [-0.05, 0) is 98.2 Å². The Balaban J connectivity index is 1.58. The predicted molar refractivity (Wildman–Crippen MR) is 96.5 cm³/mol. The molecule has 0 saturated heterocycles. The maximum absolute atomic E-state index is 11.5. The van der Waals surface area contributed by atoms with Gasteiger partial charge in [0.2, 0.25) is 0 Å². The molecule has 2 unspecified atom stereocenters. The summed E-state index contributed by atoms with van der Waals surface area (Å²) in [5, 5.41) is 9.45. The number of carbonyl (C=O) groups is 1. The number of carboxylic acid groups (broad SMARTS) is 1. The molecule has 0 spiro atoms. The molecular weight excluding hydrogens is 296 g/mol. The molecule has 4 saturated carbocycles. The smallest absolute Gasteiger partial charge is 0.306 e. The molecule has 2 nitrogen and oxygen atoms in total. The Morgan fingerprint density at radius 1 is 1.00 bits per heavy atom. The first kappa shape index (κ1) is 16.7. The topological polar surface area (TPSA) is 37.3 Å². The van der Waals surface area contributed by atoms with Gasteiger partial charge in [-0.1, -0.05) is 19.9 Å². The van der Waals surface area contributed by atoms with Gasteiger partial charge in [-0.2, -0.15) is 0 Å². The maximum atomic E-state index is 11.5. The second-order valence-electron chi connectivity index (χ2n) is 9.93. The summed E-state index contributed by atoms with van der Waals surface area (Å²) in [5.41, 5.74) is 0.896. The van der Waals surface area contributed by atoms with Crippen LogP contribution in [0.3, 0.4) is 0 Å². The van der Waals surface area contributed by atoms with E-state index in [1.54, 1.807) is 0 Å². The average Bonchev–Trinajstić information content (AvgIpc) is 2.90. The number of fused-ring (bicyclic) bond motifs is 5. The molecule has 8 atom stereocenters. The van der Waals surface area contributed by atoms with Gasteiger partial charge in [-0.15, -0.1) is 6.58 Å². The Bertz CT molecular complexity index is 540. The van der Waals surface area contributed by atoms with Gasteiger partial charge in [0.25, 0.3) is 0 Å². The van der Waals surface area contributed by atoms with E-state index in [1.165, 1.54) is 38.5 Å². The Hall–Kier alpha value is -0.790. The summed E-state index contributed by atoms with van der Waals surface area (Å²) in [6.07, 6.45) is 13.3. The van der Waals surface area contributed by atoms with Gasteiger partial charge in [0.05, 0.1) is 5.92 Å². The van der Waals surface area contributed by atoms with E-state index in [2.05, 4.69) is 26.5 Å². The highest BCUT2D eigenvalue weighted by Gasteiger charge is 2.59. The van der Waals surface area contributed by atoms with Crippen molar-refractivity contribution >= 4 is 5.97 Å². The fourth-order valence-corrected chi connectivity index (χ4v) is 7.91. The third kappa shape index (κ3) is 2.17. The van der Waals surface area contributed by atoms with Crippen LogP contribution in [0.4, 0.5) is 0 Å². The Morgan fingerprint density at radius 3 is 2.42 bits per heavy atom. The fourth-order valence-electron chi connectivity index (χ4n) is 7.91. The maximum Gasteiger partial charge on any atom is 0.306 e. The highest BCUT2D eigenvalue weighted by atomic mass is 16.4. The number of hydrogen-bond donors (Lipinski definition) is 1. The predicted octanol–water partition coefficient (Wildman–Crippen LogP) is 5.53. The zero-order valence-corrected chi connectivity index (χ0v) is 15.5. The van der Waals surface area contributed by atoms with Crippen LogP contribution in [-0.4, -0.2) is 11.1 Å². The van der Waals surface area contributed by atoms with Crippen LogP contribution in [0.1, 0.15) is 71.6 Å². The fraction of sp³-hybridized carbons (Fsp3) is 0.864. The number of aliphatic carboxylic acids is 1. The highest BCUT2D eigenvalue weighted by molar-refractivity contribution is 5.70. The first-order valence-electron chi connectivity index (χ1n) is 10.3. The standard InChI is InChI=1S/C22H34O2/c1-4-15-6-8-18-17-7-5-16-13-14(20(23)24)9-11-22(16,3)19(17)10-12-21(15,18)2/h4,14-19H,1,5-13H2,2-3H3,(H,23,24)/t14?,15-,16?,17-,18-,19-,21+,22-/m0/s1. The lowest BCUT2D eigenvalue weighted by Crippen LogP contribution is -2.53. The first-order chi connectivity index (χ1) is 11.4. The van der Waals surface area contributed by atoms with Crippen molar-refractivity contribution in [2.24, 2.45) is 46.3 Å². The Morgan fingerprint density at radius 2 is 1.71 bits per heavy atom. The van der Waals surface area contributed by atoms with Gasteiger partial charge < -0.3 is 5.11 Å². The van der Waals surface area contributed by atoms with Crippen LogP contribution < -0.4 is 0 Å². The van der Waals surface area contributed by atoms with E-state index in [0.717, 1.165) is 42.9 Å². The first-order valence-corrected chi connectivity index (χ1v) is 10.3. The van der Waals surface area contributed by atoms with Crippen molar-refractivity contribution < 1.29 is 9.90 Å². The molecule has 0 aromatic carbocycles. The van der Waals surface area contributed by atoms with Crippen molar-refractivity contribution in [2.45, 2.75) is 71.6 Å². The molecular formula is C22H34O2. The molecule has 4 fully saturated rings. The van der Waals surface area contributed by atoms with Crippen LogP contribution in [0, 0.1) is 46.3 Å². The van der Waals surface area contributed by atoms with Crippen molar-refractivity contribution in [1.82, 2.24) is 0 Å². The SMILES string of the molecule is C=C[C@H]1CC[C@H]2[C@@H]3CCC4CC(C(=O)O)CC[C@]4(C)[C@H]3CC[C@]12C. The Kier molecular flexibility index (Phi) is 3.89. The molecule has 2 heteroatoms. The molecule has 4 rings (SSSR count). The molecule has 0 aromatic heterocycles. The minimum atomic E-state index is -0.556. The van der Waals surface area contributed by atoms with E-state index in [0.29, 0.717) is 16.7 Å². The van der Waals surface area contributed by atoms with E-state index in [4.69, 9.17) is 0 Å². The average molecular weight is 331 g/mol. The van der Waals surface area contributed by atoms with Crippen molar-refractivity contribution in [1.29, 1.82) is 0 Å². The van der Waals surface area contributed by atoms with E-state index in [9.17, 15) is 9.90 Å². The third-order valence-corrected chi connectivity index (χ3v) is 9.37. The molecule has 0 aliphatic heterocycles. The monoisotopic (exact) mass is 330 g/mol. The molecule has 134 valence electrons. The number of allylic oxidation sites excluding steroid dienone is 1. The van der Waals surface area contributed by atoms with Crippen molar-refractivity contribution in [3.63, 3.8) is 0 Å². The van der Waals surface area contributed by atoms with E-state index in [1.807, 2.05) is 0 Å². The summed E-state index contributed by atoms with van der Waals surface area (Å²) >= 11 is 0. The van der Waals surface area contributed by atoms with Gasteiger partial charge in [-0.25, -0.2) is 0 Å². The van der Waals surface area contributed by atoms with E-state index >= 15 is 0 Å². The summed E-state index contributed by atoms with van der Waals surface area (Å²) in [6.45, 7) is 9.20. The van der Waals surface area contributed by atoms with Crippen LogP contribution in [-0.2, 0) is 4.79 Å². The number of carboxylic acids is 1. The number of hydrogen-bond acceptors (Lipinski definition) is 1. The zero-order valence-electron chi connectivity index (χ0n) is 15.5. The van der Waals surface area contributed by atoms with Crippen LogP contribution in [0.2, 0.25) is 0 Å². The van der Waals surface area contributed by atoms with E-state index < -0.39 is 5.97 Å². The van der Waals surface area contributed by atoms with Crippen LogP contribution >= 0.6 is 0 Å². The summed E-state index contributed by atoms with van der Waals surface area (Å²) in [7, 11) is 0. The van der Waals surface area contributed by atoms with Crippen LogP contribution in [0.5, 0.6) is 0 Å². The lowest BCUT2D eigenvalue weighted by Gasteiger charge is -2.61. The van der Waals surface area contributed by atoms with Crippen molar-refractivity contribution in [3.8, 4) is 0 Å². The Labute approximate surface area is 147 Å². The molecule has 0 radical (unpaired) electrons. The lowest BCUT2D eigenvalue weighted by atomic mass is 9.44. The van der Waals surface area contributed by atoms with Gasteiger partial charge in [0, 0.05) is 0 Å². The minimum Gasteiger partial charge on any atom is -0.481 e. The molecule has 1 N–H and O–H groups in total. The van der Waals surface area contributed by atoms with Gasteiger partial charge in [-0.3, -0.25) is 4.79 Å². The molecule has 4 aliphatic carbocycles. The molecule has 0 amide bonds. The van der Waals surface area contributed by atoms with Crippen LogP contribution in [0.25, 0.3) is 0 Å². The summed E-state index contributed by atoms with van der Waals surface area (Å²) in [5.74, 6) is 3.34. The highest BCUT2D eigenvalue weighted by Crippen LogP contribution is 2.67. The number of rotatable bonds is 2.